The van der Waals surface area contributed by atoms with Crippen molar-refractivity contribution in [3.05, 3.63) is 89.8 Å². The number of pyridine rings is 3. The molecule has 0 bridgehead atoms. The van der Waals surface area contributed by atoms with E-state index in [0.29, 0.717) is 21.9 Å². The van der Waals surface area contributed by atoms with Crippen molar-refractivity contribution in [2.45, 2.75) is 6.92 Å². The van der Waals surface area contributed by atoms with Crippen LogP contribution in [0.2, 0.25) is 5.02 Å². The van der Waals surface area contributed by atoms with Crippen LogP contribution >= 0.6 is 11.6 Å². The fourth-order valence-corrected chi connectivity index (χ4v) is 3.61. The third kappa shape index (κ3) is 3.33. The molecule has 0 atom stereocenters. The lowest BCUT2D eigenvalue weighted by molar-refractivity contribution is 0.548. The fraction of sp³-hybridized carbons (Fsp3) is 0.0417. The first-order chi connectivity index (χ1) is 14.6. The van der Waals surface area contributed by atoms with Gasteiger partial charge in [0.2, 0.25) is 0 Å². The van der Waals surface area contributed by atoms with E-state index in [1.165, 1.54) is 12.1 Å². The number of halogens is 2. The Morgan fingerprint density at radius 3 is 2.63 bits per heavy atom. The lowest BCUT2D eigenvalue weighted by atomic mass is 9.99. The van der Waals surface area contributed by atoms with Gasteiger partial charge in [-0.3, -0.25) is 4.98 Å². The maximum Gasteiger partial charge on any atom is 0.160 e. The molecule has 5 rings (SSSR count). The van der Waals surface area contributed by atoms with E-state index in [1.807, 2.05) is 43.3 Å². The maximum atomic E-state index is 14.5. The summed E-state index contributed by atoms with van der Waals surface area (Å²) in [6.07, 6.45) is 5.18. The van der Waals surface area contributed by atoms with Crippen LogP contribution in [0.4, 0.5) is 4.39 Å². The molecule has 0 saturated heterocycles. The van der Waals surface area contributed by atoms with Gasteiger partial charge in [-0.2, -0.15) is 0 Å². The van der Waals surface area contributed by atoms with E-state index in [-0.39, 0.29) is 0 Å². The molecule has 1 aromatic carbocycles. The standard InChI is InChI=1S/C24H15ClFN3O/c1-14-4-7-23(30-14)16-9-15(12-27-13-16)19-11-22(20-10-17(25)5-6-21(20)26)29-24-18(19)3-2-8-28-24/h2-13H,1H3. The second kappa shape index (κ2) is 7.35. The highest BCUT2D eigenvalue weighted by molar-refractivity contribution is 6.30. The van der Waals surface area contributed by atoms with Gasteiger partial charge in [-0.05, 0) is 67.1 Å². The first-order valence-electron chi connectivity index (χ1n) is 9.32. The zero-order valence-electron chi connectivity index (χ0n) is 15.9. The molecule has 0 aliphatic carbocycles. The predicted octanol–water partition coefficient (Wildman–Crippen LogP) is 6.72. The number of aryl methyl sites for hydroxylation is 1. The van der Waals surface area contributed by atoms with Gasteiger partial charge in [0.25, 0.3) is 0 Å². The molecule has 6 heteroatoms. The molecule has 4 heterocycles. The average Bonchev–Trinajstić information content (AvgIpc) is 3.21. The van der Waals surface area contributed by atoms with Gasteiger partial charge in [-0.1, -0.05) is 11.6 Å². The number of rotatable bonds is 3. The highest BCUT2D eigenvalue weighted by Crippen LogP contribution is 2.34. The summed E-state index contributed by atoms with van der Waals surface area (Å²) >= 11 is 6.10. The summed E-state index contributed by atoms with van der Waals surface area (Å²) in [6.45, 7) is 1.90. The van der Waals surface area contributed by atoms with Gasteiger partial charge in [0.15, 0.2) is 5.65 Å². The molecular weight excluding hydrogens is 401 g/mol. The summed E-state index contributed by atoms with van der Waals surface area (Å²) in [5.41, 5.74) is 3.84. The molecular formula is C24H15ClFN3O. The summed E-state index contributed by atoms with van der Waals surface area (Å²) in [7, 11) is 0. The van der Waals surface area contributed by atoms with E-state index in [0.717, 1.165) is 33.6 Å². The van der Waals surface area contributed by atoms with Gasteiger partial charge in [0.1, 0.15) is 17.3 Å². The number of benzene rings is 1. The molecule has 0 fully saturated rings. The molecule has 0 radical (unpaired) electrons. The lowest BCUT2D eigenvalue weighted by Gasteiger charge is -2.11. The monoisotopic (exact) mass is 415 g/mol. The first kappa shape index (κ1) is 18.5. The molecule has 4 nitrogen and oxygen atoms in total. The van der Waals surface area contributed by atoms with Crippen molar-refractivity contribution >= 4 is 22.6 Å². The molecule has 0 amide bonds. The Kier molecular flexibility index (Phi) is 4.52. The second-order valence-corrected chi connectivity index (χ2v) is 7.36. The topological polar surface area (TPSA) is 51.8 Å². The van der Waals surface area contributed by atoms with E-state index < -0.39 is 5.82 Å². The highest BCUT2D eigenvalue weighted by Gasteiger charge is 2.15. The van der Waals surface area contributed by atoms with Crippen molar-refractivity contribution in [2.24, 2.45) is 0 Å². The molecule has 30 heavy (non-hydrogen) atoms. The smallest absolute Gasteiger partial charge is 0.160 e. The van der Waals surface area contributed by atoms with Gasteiger partial charge in [0.05, 0.1) is 5.69 Å². The van der Waals surface area contributed by atoms with E-state index in [9.17, 15) is 4.39 Å². The van der Waals surface area contributed by atoms with E-state index in [2.05, 4.69) is 15.0 Å². The van der Waals surface area contributed by atoms with Crippen LogP contribution in [0.3, 0.4) is 0 Å². The fourth-order valence-electron chi connectivity index (χ4n) is 3.44. The van der Waals surface area contributed by atoms with E-state index >= 15 is 0 Å². The summed E-state index contributed by atoms with van der Waals surface area (Å²) in [5, 5.41) is 1.28. The molecule has 146 valence electrons. The third-order valence-electron chi connectivity index (χ3n) is 4.86. The quantitative estimate of drug-likeness (QED) is 0.328. The van der Waals surface area contributed by atoms with Crippen LogP contribution < -0.4 is 0 Å². The molecule has 0 saturated carbocycles. The Bertz CT molecular complexity index is 1400. The molecule has 5 aromatic rings. The number of hydrogen-bond donors (Lipinski definition) is 0. The number of nitrogens with zero attached hydrogens (tertiary/aromatic N) is 3. The number of aromatic nitrogens is 3. The van der Waals surface area contributed by atoms with Gasteiger partial charge in [-0.15, -0.1) is 0 Å². The summed E-state index contributed by atoms with van der Waals surface area (Å²) in [5.74, 6) is 1.16. The Morgan fingerprint density at radius 1 is 0.933 bits per heavy atom. The van der Waals surface area contributed by atoms with Crippen molar-refractivity contribution in [1.82, 2.24) is 15.0 Å². The van der Waals surface area contributed by atoms with Crippen molar-refractivity contribution in [3.8, 4) is 33.7 Å². The van der Waals surface area contributed by atoms with Crippen molar-refractivity contribution in [1.29, 1.82) is 0 Å². The zero-order chi connectivity index (χ0) is 20.7. The minimum Gasteiger partial charge on any atom is -0.461 e. The van der Waals surface area contributed by atoms with Gasteiger partial charge < -0.3 is 4.42 Å². The Hall–Kier alpha value is -3.57. The Balaban J connectivity index is 1.74. The SMILES string of the molecule is Cc1ccc(-c2cncc(-c3cc(-c4cc(Cl)ccc4F)nc4ncccc34)c2)o1. The number of fused-ring (bicyclic) bond motifs is 1. The molecule has 4 aromatic heterocycles. The maximum absolute atomic E-state index is 14.5. The van der Waals surface area contributed by atoms with Crippen LogP contribution in [-0.4, -0.2) is 15.0 Å². The van der Waals surface area contributed by atoms with E-state index in [1.54, 1.807) is 24.7 Å². The van der Waals surface area contributed by atoms with Crippen LogP contribution in [0.1, 0.15) is 5.76 Å². The largest absolute Gasteiger partial charge is 0.461 e. The van der Waals surface area contributed by atoms with Gasteiger partial charge in [0, 0.05) is 45.7 Å². The summed E-state index contributed by atoms with van der Waals surface area (Å²) < 4.78 is 20.3. The van der Waals surface area contributed by atoms with Crippen molar-refractivity contribution in [2.75, 3.05) is 0 Å². The van der Waals surface area contributed by atoms with Crippen LogP contribution in [0.5, 0.6) is 0 Å². The third-order valence-corrected chi connectivity index (χ3v) is 5.10. The van der Waals surface area contributed by atoms with Crippen molar-refractivity contribution in [3.63, 3.8) is 0 Å². The van der Waals surface area contributed by atoms with E-state index in [4.69, 9.17) is 16.0 Å². The van der Waals surface area contributed by atoms with Crippen LogP contribution in [-0.2, 0) is 0 Å². The van der Waals surface area contributed by atoms with Crippen molar-refractivity contribution < 1.29 is 8.81 Å². The van der Waals surface area contributed by atoms with Gasteiger partial charge in [-0.25, -0.2) is 14.4 Å². The molecule has 0 unspecified atom stereocenters. The lowest BCUT2D eigenvalue weighted by Crippen LogP contribution is -1.94. The first-order valence-corrected chi connectivity index (χ1v) is 9.70. The predicted molar refractivity (Wildman–Crippen MR) is 116 cm³/mol. The minimum atomic E-state index is -0.397. The highest BCUT2D eigenvalue weighted by atomic mass is 35.5. The average molecular weight is 416 g/mol. The number of furan rings is 1. The Labute approximate surface area is 177 Å². The molecule has 0 aliphatic heterocycles. The zero-order valence-corrected chi connectivity index (χ0v) is 16.7. The van der Waals surface area contributed by atoms with Gasteiger partial charge >= 0.3 is 0 Å². The molecule has 0 spiro atoms. The molecule has 0 aliphatic rings. The summed E-state index contributed by atoms with van der Waals surface area (Å²) in [6, 6.07) is 15.9. The minimum absolute atomic E-state index is 0.321. The molecule has 0 N–H and O–H groups in total. The summed E-state index contributed by atoms with van der Waals surface area (Å²) in [4.78, 5) is 13.3. The van der Waals surface area contributed by atoms with Crippen LogP contribution in [0.15, 0.2) is 77.6 Å². The van der Waals surface area contributed by atoms with Crippen LogP contribution in [0, 0.1) is 12.7 Å². The van der Waals surface area contributed by atoms with Crippen LogP contribution in [0.25, 0.3) is 44.7 Å². The number of hydrogen-bond acceptors (Lipinski definition) is 4. The normalized spacial score (nSPS) is 11.2. The Morgan fingerprint density at radius 2 is 1.80 bits per heavy atom. The second-order valence-electron chi connectivity index (χ2n) is 6.93.